The molecule has 0 heterocycles. The van der Waals surface area contributed by atoms with E-state index in [1.165, 1.54) is 76.8 Å². The zero-order valence-corrected chi connectivity index (χ0v) is 17.1. The normalized spacial score (nSPS) is 11.1. The van der Waals surface area contributed by atoms with E-state index in [-0.39, 0.29) is 11.7 Å². The van der Waals surface area contributed by atoms with Crippen LogP contribution in [0.5, 0.6) is 5.75 Å². The largest absolute Gasteiger partial charge is 0.507 e. The van der Waals surface area contributed by atoms with Crippen molar-refractivity contribution in [1.29, 1.82) is 0 Å². The first-order valence-electron chi connectivity index (χ1n) is 10.8. The van der Waals surface area contributed by atoms with Gasteiger partial charge in [-0.2, -0.15) is 5.10 Å². The van der Waals surface area contributed by atoms with E-state index in [1.54, 1.807) is 18.2 Å². The molecule has 0 fully saturated rings. The van der Waals surface area contributed by atoms with Crippen molar-refractivity contribution in [3.8, 4) is 5.75 Å². The minimum Gasteiger partial charge on any atom is -0.507 e. The number of amides is 1. The van der Waals surface area contributed by atoms with Crippen LogP contribution in [0.2, 0.25) is 0 Å². The zero-order valence-electron chi connectivity index (χ0n) is 17.1. The predicted molar refractivity (Wildman–Crippen MR) is 114 cm³/mol. The summed E-state index contributed by atoms with van der Waals surface area (Å²) in [7, 11) is 0. The van der Waals surface area contributed by atoms with Gasteiger partial charge < -0.3 is 5.11 Å². The molecule has 0 aliphatic rings. The van der Waals surface area contributed by atoms with Crippen molar-refractivity contribution in [1.82, 2.24) is 5.43 Å². The van der Waals surface area contributed by atoms with Crippen LogP contribution in [0.3, 0.4) is 0 Å². The first-order valence-corrected chi connectivity index (χ1v) is 10.8. The van der Waals surface area contributed by atoms with Gasteiger partial charge in [-0.15, -0.1) is 0 Å². The lowest BCUT2D eigenvalue weighted by molar-refractivity contribution is -0.121. The lowest BCUT2D eigenvalue weighted by Gasteiger charge is -2.03. The van der Waals surface area contributed by atoms with Crippen LogP contribution in [0.15, 0.2) is 29.4 Å². The highest BCUT2D eigenvalue weighted by molar-refractivity contribution is 5.84. The molecule has 0 radical (unpaired) electrons. The fourth-order valence-corrected chi connectivity index (χ4v) is 3.13. The number of hydrazone groups is 1. The van der Waals surface area contributed by atoms with Gasteiger partial charge >= 0.3 is 0 Å². The summed E-state index contributed by atoms with van der Waals surface area (Å²) < 4.78 is 0. The Morgan fingerprint density at radius 2 is 1.41 bits per heavy atom. The monoisotopic (exact) mass is 374 g/mol. The van der Waals surface area contributed by atoms with Gasteiger partial charge in [0.1, 0.15) is 5.75 Å². The molecular formula is C23H38N2O2. The minimum atomic E-state index is -0.0651. The van der Waals surface area contributed by atoms with E-state index in [0.717, 1.165) is 12.8 Å². The number of phenols is 1. The van der Waals surface area contributed by atoms with E-state index < -0.39 is 0 Å². The van der Waals surface area contributed by atoms with E-state index >= 15 is 0 Å². The number of nitrogens with one attached hydrogen (secondary N) is 1. The van der Waals surface area contributed by atoms with Crippen LogP contribution in [0.25, 0.3) is 0 Å². The Kier molecular flexibility index (Phi) is 14.0. The maximum Gasteiger partial charge on any atom is 0.240 e. The molecule has 0 atom stereocenters. The van der Waals surface area contributed by atoms with E-state index in [9.17, 15) is 9.90 Å². The van der Waals surface area contributed by atoms with Crippen LogP contribution < -0.4 is 5.43 Å². The van der Waals surface area contributed by atoms with Crippen molar-refractivity contribution in [2.45, 2.75) is 96.8 Å². The summed E-state index contributed by atoms with van der Waals surface area (Å²) >= 11 is 0. The summed E-state index contributed by atoms with van der Waals surface area (Å²) in [5.74, 6) is 0.0942. The van der Waals surface area contributed by atoms with Crippen molar-refractivity contribution in [2.24, 2.45) is 5.10 Å². The van der Waals surface area contributed by atoms with Crippen LogP contribution in [0.4, 0.5) is 0 Å². The van der Waals surface area contributed by atoms with Gasteiger partial charge in [0.05, 0.1) is 6.21 Å². The fourth-order valence-electron chi connectivity index (χ4n) is 3.13. The third kappa shape index (κ3) is 13.0. The second-order valence-electron chi connectivity index (χ2n) is 7.34. The summed E-state index contributed by atoms with van der Waals surface area (Å²) in [5, 5.41) is 13.5. The maximum atomic E-state index is 11.7. The second kappa shape index (κ2) is 16.3. The molecule has 0 saturated carbocycles. The lowest BCUT2D eigenvalue weighted by atomic mass is 10.0. The van der Waals surface area contributed by atoms with Gasteiger partial charge in [0.15, 0.2) is 0 Å². The minimum absolute atomic E-state index is 0.0651. The molecule has 1 rings (SSSR count). The highest BCUT2D eigenvalue weighted by Gasteiger charge is 2.00. The molecule has 0 unspecified atom stereocenters. The smallest absolute Gasteiger partial charge is 0.240 e. The molecule has 0 bridgehead atoms. The third-order valence-electron chi connectivity index (χ3n) is 4.84. The Morgan fingerprint density at radius 3 is 1.96 bits per heavy atom. The maximum absolute atomic E-state index is 11.7. The molecule has 0 aromatic heterocycles. The predicted octanol–water partition coefficient (Wildman–Crippen LogP) is 6.32. The van der Waals surface area contributed by atoms with Crippen LogP contribution in [-0.4, -0.2) is 17.2 Å². The summed E-state index contributed by atoms with van der Waals surface area (Å²) in [6.07, 6.45) is 18.9. The number of phenolic OH excluding ortho intramolecular Hbond substituents is 1. The average Bonchev–Trinajstić information content (AvgIpc) is 2.67. The van der Waals surface area contributed by atoms with E-state index in [0.29, 0.717) is 12.0 Å². The molecule has 152 valence electrons. The van der Waals surface area contributed by atoms with Crippen LogP contribution in [0, 0.1) is 0 Å². The molecular weight excluding hydrogens is 336 g/mol. The molecule has 4 nitrogen and oxygen atoms in total. The van der Waals surface area contributed by atoms with Gasteiger partial charge in [0.2, 0.25) is 5.91 Å². The van der Waals surface area contributed by atoms with Crippen molar-refractivity contribution in [3.63, 3.8) is 0 Å². The van der Waals surface area contributed by atoms with Crippen LogP contribution >= 0.6 is 0 Å². The molecule has 0 saturated heterocycles. The molecule has 2 N–H and O–H groups in total. The Morgan fingerprint density at radius 1 is 0.889 bits per heavy atom. The van der Waals surface area contributed by atoms with Crippen LogP contribution in [-0.2, 0) is 4.79 Å². The quantitative estimate of drug-likeness (QED) is 0.202. The number of benzene rings is 1. The molecule has 1 amide bonds. The standard InChI is InChI=1S/C23H38N2O2/c1-2-3-4-5-6-7-8-9-10-11-12-13-14-19-23(27)25-24-20-21-17-15-16-18-22(21)26/h15-18,20,26H,2-14,19H2,1H3,(H,25,27)/b24-20-. The second-order valence-corrected chi connectivity index (χ2v) is 7.34. The summed E-state index contributed by atoms with van der Waals surface area (Å²) in [5.41, 5.74) is 3.12. The Bertz CT molecular complexity index is 529. The fraction of sp³-hybridized carbons (Fsp3) is 0.652. The molecule has 4 heteroatoms. The molecule has 1 aromatic carbocycles. The Balaban J connectivity index is 1.89. The molecule has 1 aromatic rings. The first-order chi connectivity index (χ1) is 13.2. The average molecular weight is 375 g/mol. The number of para-hydroxylation sites is 1. The number of carbonyl (C=O) groups is 1. The van der Waals surface area contributed by atoms with Gasteiger partial charge in [-0.05, 0) is 18.6 Å². The summed E-state index contributed by atoms with van der Waals surface area (Å²) in [6, 6.07) is 6.91. The number of unbranched alkanes of at least 4 members (excludes halogenated alkanes) is 12. The molecule has 27 heavy (non-hydrogen) atoms. The van der Waals surface area contributed by atoms with E-state index in [2.05, 4.69) is 17.5 Å². The summed E-state index contributed by atoms with van der Waals surface area (Å²) in [4.78, 5) is 11.7. The van der Waals surface area contributed by atoms with E-state index in [4.69, 9.17) is 0 Å². The number of aromatic hydroxyl groups is 1. The molecule has 0 aliphatic carbocycles. The van der Waals surface area contributed by atoms with Gasteiger partial charge in [0.25, 0.3) is 0 Å². The highest BCUT2D eigenvalue weighted by Crippen LogP contribution is 2.13. The molecule has 0 spiro atoms. The number of hydrogen-bond acceptors (Lipinski definition) is 3. The number of carbonyl (C=O) groups excluding carboxylic acids is 1. The number of hydrogen-bond donors (Lipinski definition) is 2. The molecule has 0 aliphatic heterocycles. The highest BCUT2D eigenvalue weighted by atomic mass is 16.3. The number of rotatable bonds is 16. The van der Waals surface area contributed by atoms with Crippen molar-refractivity contribution in [3.05, 3.63) is 29.8 Å². The van der Waals surface area contributed by atoms with E-state index in [1.807, 2.05) is 6.07 Å². The Labute approximate surface area is 165 Å². The van der Waals surface area contributed by atoms with Crippen molar-refractivity contribution in [2.75, 3.05) is 0 Å². The zero-order chi connectivity index (χ0) is 19.6. The SMILES string of the molecule is CCCCCCCCCCCCCCCC(=O)N/N=C\c1ccccc1O. The van der Waals surface area contributed by atoms with Crippen molar-refractivity contribution >= 4 is 12.1 Å². The van der Waals surface area contributed by atoms with Gasteiger partial charge in [-0.25, -0.2) is 5.43 Å². The van der Waals surface area contributed by atoms with Gasteiger partial charge in [-0.3, -0.25) is 4.79 Å². The topological polar surface area (TPSA) is 61.7 Å². The van der Waals surface area contributed by atoms with Gasteiger partial charge in [0, 0.05) is 12.0 Å². The third-order valence-corrected chi connectivity index (χ3v) is 4.84. The number of nitrogens with zero attached hydrogens (tertiary/aromatic N) is 1. The van der Waals surface area contributed by atoms with Crippen molar-refractivity contribution < 1.29 is 9.90 Å². The Hall–Kier alpha value is -1.84. The summed E-state index contributed by atoms with van der Waals surface area (Å²) in [6.45, 7) is 2.26. The first kappa shape index (κ1) is 23.2. The lowest BCUT2D eigenvalue weighted by Crippen LogP contribution is -2.16. The van der Waals surface area contributed by atoms with Gasteiger partial charge in [-0.1, -0.05) is 96.1 Å². The van der Waals surface area contributed by atoms with Crippen LogP contribution in [0.1, 0.15) is 102 Å².